The van der Waals surface area contributed by atoms with Crippen LogP contribution < -0.4 is 10.5 Å². The average Bonchev–Trinajstić information content (AvgIpc) is 2.33. The fourth-order valence-electron chi connectivity index (χ4n) is 1.53. The van der Waals surface area contributed by atoms with Crippen molar-refractivity contribution in [3.63, 3.8) is 0 Å². The van der Waals surface area contributed by atoms with Crippen molar-refractivity contribution in [3.05, 3.63) is 53.8 Å². The van der Waals surface area contributed by atoms with E-state index in [1.54, 1.807) is 0 Å². The summed E-state index contributed by atoms with van der Waals surface area (Å²) >= 11 is 13.9. The molecule has 0 aromatic heterocycles. The van der Waals surface area contributed by atoms with Gasteiger partial charge in [0.1, 0.15) is 12.4 Å². The van der Waals surface area contributed by atoms with Gasteiger partial charge in [0.2, 0.25) is 0 Å². The van der Waals surface area contributed by atoms with Gasteiger partial charge in [0.05, 0.1) is 8.95 Å². The van der Waals surface area contributed by atoms with Crippen molar-refractivity contribution in [2.24, 2.45) is 0 Å². The maximum Gasteiger partial charge on any atom is 0.148 e. The molecule has 0 saturated heterocycles. The van der Waals surface area contributed by atoms with Gasteiger partial charge < -0.3 is 10.5 Å². The zero-order valence-electron chi connectivity index (χ0n) is 9.59. The van der Waals surface area contributed by atoms with Gasteiger partial charge in [-0.05, 0) is 66.0 Å². The molecule has 0 spiro atoms. The minimum atomic E-state index is 0.435. The van der Waals surface area contributed by atoms with E-state index in [1.165, 1.54) is 0 Å². The molecule has 2 aromatic carbocycles. The molecule has 6 heteroatoms. The Labute approximate surface area is 145 Å². The summed E-state index contributed by atoms with van der Waals surface area (Å²) in [5.41, 5.74) is 7.55. The van der Waals surface area contributed by atoms with Gasteiger partial charge in [-0.15, -0.1) is 0 Å². The van der Waals surface area contributed by atoms with Crippen LogP contribution in [0.3, 0.4) is 0 Å². The van der Waals surface area contributed by atoms with Crippen molar-refractivity contribution in [1.29, 1.82) is 0 Å². The van der Waals surface area contributed by atoms with Crippen molar-refractivity contribution < 1.29 is 4.74 Å². The maximum absolute atomic E-state index is 5.84. The smallest absolute Gasteiger partial charge is 0.148 e. The van der Waals surface area contributed by atoms with Gasteiger partial charge in [-0.1, -0.05) is 28.1 Å². The molecule has 100 valence electrons. The number of anilines is 1. The number of nitrogens with two attached hydrogens (primary N) is 1. The molecule has 0 radical (unpaired) electrons. The van der Waals surface area contributed by atoms with Gasteiger partial charge >= 0.3 is 0 Å². The second-order valence-corrected chi connectivity index (χ2v) is 7.22. The van der Waals surface area contributed by atoms with E-state index < -0.39 is 0 Å². The van der Waals surface area contributed by atoms with Crippen LogP contribution in [0.4, 0.5) is 5.69 Å². The highest BCUT2D eigenvalue weighted by atomic mass is 79.9. The molecule has 0 aliphatic carbocycles. The first-order valence-electron chi connectivity index (χ1n) is 5.29. The normalized spacial score (nSPS) is 10.5. The summed E-state index contributed by atoms with van der Waals surface area (Å²) < 4.78 is 9.46. The van der Waals surface area contributed by atoms with E-state index in [2.05, 4.69) is 63.7 Å². The van der Waals surface area contributed by atoms with Gasteiger partial charge in [0, 0.05) is 20.2 Å². The van der Waals surface area contributed by atoms with Gasteiger partial charge in [0.25, 0.3) is 0 Å². The second kappa shape index (κ2) is 6.61. The van der Waals surface area contributed by atoms with E-state index in [1.807, 2.05) is 30.3 Å². The van der Waals surface area contributed by atoms with Crippen LogP contribution in [0.5, 0.6) is 5.75 Å². The molecule has 0 atom stereocenters. The van der Waals surface area contributed by atoms with E-state index in [0.717, 1.165) is 29.2 Å². The molecule has 2 aromatic rings. The minimum absolute atomic E-state index is 0.435. The Bertz CT molecular complexity index is 593. The monoisotopic (exact) mass is 511 g/mol. The topological polar surface area (TPSA) is 35.2 Å². The molecule has 0 fully saturated rings. The number of hydrogen-bond acceptors (Lipinski definition) is 2. The number of ether oxygens (including phenoxy) is 1. The second-order valence-electron chi connectivity index (χ2n) is 3.81. The van der Waals surface area contributed by atoms with Gasteiger partial charge in [-0.2, -0.15) is 0 Å². The lowest BCUT2D eigenvalue weighted by Crippen LogP contribution is -1.99. The molecule has 2 N–H and O–H groups in total. The van der Waals surface area contributed by atoms with E-state index in [4.69, 9.17) is 10.5 Å². The number of halogens is 4. The predicted molar refractivity (Wildman–Crippen MR) is 92.4 cm³/mol. The van der Waals surface area contributed by atoms with E-state index in [0.29, 0.717) is 12.3 Å². The Morgan fingerprint density at radius 1 is 1.00 bits per heavy atom. The first-order valence-corrected chi connectivity index (χ1v) is 8.46. The largest absolute Gasteiger partial charge is 0.486 e. The zero-order chi connectivity index (χ0) is 14.0. The summed E-state index contributed by atoms with van der Waals surface area (Å²) in [7, 11) is 0. The van der Waals surface area contributed by atoms with Crippen LogP contribution in [0.15, 0.2) is 48.2 Å². The summed E-state index contributed by atoms with van der Waals surface area (Å²) in [5, 5.41) is 0. The Balaban J connectivity index is 2.22. The highest BCUT2D eigenvalue weighted by molar-refractivity contribution is 9.11. The van der Waals surface area contributed by atoms with Gasteiger partial charge in [0.15, 0.2) is 0 Å². The molecule has 0 aliphatic heterocycles. The molecule has 0 saturated carbocycles. The lowest BCUT2D eigenvalue weighted by Gasteiger charge is -2.12. The van der Waals surface area contributed by atoms with Crippen molar-refractivity contribution in [1.82, 2.24) is 0 Å². The molecule has 0 unspecified atom stereocenters. The minimum Gasteiger partial charge on any atom is -0.486 e. The zero-order valence-corrected chi connectivity index (χ0v) is 15.9. The van der Waals surface area contributed by atoms with Crippen LogP contribution in [0, 0.1) is 0 Å². The Morgan fingerprint density at radius 3 is 2.26 bits per heavy atom. The first kappa shape index (κ1) is 15.4. The van der Waals surface area contributed by atoms with Crippen molar-refractivity contribution >= 4 is 69.4 Å². The predicted octanol–water partition coefficient (Wildman–Crippen LogP) is 5.90. The number of hydrogen-bond donors (Lipinski definition) is 1. The number of benzene rings is 2. The summed E-state index contributed by atoms with van der Waals surface area (Å²) in [6.07, 6.45) is 0. The molecule has 0 aliphatic rings. The third-order valence-corrected chi connectivity index (χ3v) is 5.05. The summed E-state index contributed by atoms with van der Waals surface area (Å²) in [6.45, 7) is 0.435. The maximum atomic E-state index is 5.84. The Hall–Kier alpha value is -0.0400. The van der Waals surface area contributed by atoms with Crippen LogP contribution >= 0.6 is 63.7 Å². The first-order chi connectivity index (χ1) is 8.99. The third kappa shape index (κ3) is 3.74. The highest BCUT2D eigenvalue weighted by Crippen LogP contribution is 2.37. The molecule has 2 rings (SSSR count). The quantitative estimate of drug-likeness (QED) is 0.518. The van der Waals surface area contributed by atoms with Crippen LogP contribution in [0.2, 0.25) is 0 Å². The van der Waals surface area contributed by atoms with Gasteiger partial charge in [-0.25, -0.2) is 0 Å². The number of rotatable bonds is 3. The average molecular weight is 515 g/mol. The summed E-state index contributed by atoms with van der Waals surface area (Å²) in [6, 6.07) is 9.60. The molecule has 2 nitrogen and oxygen atoms in total. The molecule has 0 heterocycles. The SMILES string of the molecule is Nc1cccc(COc2c(Br)cc(Br)cc2Br)c1Br. The lowest BCUT2D eigenvalue weighted by atomic mass is 10.2. The molecular weight excluding hydrogens is 506 g/mol. The Kier molecular flexibility index (Phi) is 5.34. The van der Waals surface area contributed by atoms with Crippen molar-refractivity contribution in [2.45, 2.75) is 6.61 Å². The van der Waals surface area contributed by atoms with E-state index in [-0.39, 0.29) is 0 Å². The molecule has 0 bridgehead atoms. The van der Waals surface area contributed by atoms with Crippen molar-refractivity contribution in [3.8, 4) is 5.75 Å². The highest BCUT2D eigenvalue weighted by Gasteiger charge is 2.10. The standard InChI is InChI=1S/C13H9Br4NO/c14-8-4-9(15)13(10(16)5-8)19-6-7-2-1-3-11(18)12(7)17/h1-5H,6,18H2. The van der Waals surface area contributed by atoms with E-state index >= 15 is 0 Å². The molecular formula is C13H9Br4NO. The van der Waals surface area contributed by atoms with Crippen LogP contribution in [-0.4, -0.2) is 0 Å². The van der Waals surface area contributed by atoms with E-state index in [9.17, 15) is 0 Å². The summed E-state index contributed by atoms with van der Waals surface area (Å²) in [4.78, 5) is 0. The van der Waals surface area contributed by atoms with Crippen LogP contribution in [0.25, 0.3) is 0 Å². The van der Waals surface area contributed by atoms with Crippen molar-refractivity contribution in [2.75, 3.05) is 5.73 Å². The fourth-order valence-corrected chi connectivity index (χ4v) is 4.39. The lowest BCUT2D eigenvalue weighted by molar-refractivity contribution is 0.301. The van der Waals surface area contributed by atoms with Gasteiger partial charge in [-0.3, -0.25) is 0 Å². The molecule has 0 amide bonds. The molecule has 19 heavy (non-hydrogen) atoms. The summed E-state index contributed by atoms with van der Waals surface area (Å²) in [5.74, 6) is 0.762. The Morgan fingerprint density at radius 2 is 1.63 bits per heavy atom. The van der Waals surface area contributed by atoms with Crippen LogP contribution in [0.1, 0.15) is 5.56 Å². The van der Waals surface area contributed by atoms with Crippen LogP contribution in [-0.2, 0) is 6.61 Å². The fraction of sp³-hybridized carbons (Fsp3) is 0.0769. The number of nitrogen functional groups attached to an aromatic ring is 1. The third-order valence-electron chi connectivity index (χ3n) is 2.44.